The van der Waals surface area contributed by atoms with Gasteiger partial charge in [-0.3, -0.25) is 19.7 Å². The van der Waals surface area contributed by atoms with Crippen molar-refractivity contribution in [2.45, 2.75) is 37.0 Å². The van der Waals surface area contributed by atoms with E-state index < -0.39 is 16.7 Å². The van der Waals surface area contributed by atoms with Gasteiger partial charge in [0.1, 0.15) is 17.3 Å². The molecule has 12 heteroatoms. The number of carbonyl (C=O) groups excluding carboxylic acids is 2. The minimum atomic E-state index is -0.715. The Morgan fingerprint density at radius 2 is 2.24 bits per heavy atom. The summed E-state index contributed by atoms with van der Waals surface area (Å²) >= 11 is 1.65. The van der Waals surface area contributed by atoms with E-state index in [9.17, 15) is 19.7 Å². The lowest BCUT2D eigenvalue weighted by atomic mass is 10.2. The number of hydrogen-bond donors (Lipinski definition) is 2. The number of thioether (sulfide) groups is 1. The molecule has 2 N–H and O–H groups in total. The molecule has 11 nitrogen and oxygen atoms in total. The molecule has 0 saturated carbocycles. The summed E-state index contributed by atoms with van der Waals surface area (Å²) in [6, 6.07) is 2.35. The molecule has 1 saturated heterocycles. The first-order chi connectivity index (χ1) is 14.0. The second kappa shape index (κ2) is 8.25. The Morgan fingerprint density at radius 3 is 2.97 bits per heavy atom. The predicted molar refractivity (Wildman–Crippen MR) is 103 cm³/mol. The summed E-state index contributed by atoms with van der Waals surface area (Å²) in [7, 11) is 0. The maximum absolute atomic E-state index is 12.5. The van der Waals surface area contributed by atoms with Gasteiger partial charge in [-0.05, 0) is 18.9 Å². The van der Waals surface area contributed by atoms with Crippen LogP contribution in [0, 0.1) is 10.1 Å². The molecule has 4 heterocycles. The second-order valence-corrected chi connectivity index (χ2v) is 7.70. The third-order valence-corrected chi connectivity index (χ3v) is 5.66. The fourth-order valence-electron chi connectivity index (χ4n) is 3.26. The fourth-order valence-corrected chi connectivity index (χ4v) is 4.30. The Bertz CT molecular complexity index is 948. The first-order valence-electron chi connectivity index (χ1n) is 9.11. The molecule has 2 aromatic rings. The van der Waals surface area contributed by atoms with Crippen molar-refractivity contribution >= 4 is 35.3 Å². The van der Waals surface area contributed by atoms with Crippen LogP contribution in [0.1, 0.15) is 34.7 Å². The lowest BCUT2D eigenvalue weighted by Crippen LogP contribution is -2.34. The third-order valence-electron chi connectivity index (χ3n) is 4.69. The number of anilines is 1. The minimum absolute atomic E-state index is 0.0342. The number of nitrogens with one attached hydrogen (secondary N) is 2. The Kier molecular flexibility index (Phi) is 5.53. The number of amides is 2. The van der Waals surface area contributed by atoms with Crippen molar-refractivity contribution in [3.63, 3.8) is 0 Å². The minimum Gasteiger partial charge on any atom is -0.395 e. The highest BCUT2D eigenvalue weighted by atomic mass is 32.2. The van der Waals surface area contributed by atoms with Crippen LogP contribution in [0.15, 0.2) is 16.5 Å². The molecule has 29 heavy (non-hydrogen) atoms. The van der Waals surface area contributed by atoms with E-state index in [2.05, 4.69) is 15.7 Å². The molecule has 0 aromatic carbocycles. The SMILES string of the molecule is O=C(Cn1nc2c(c1NC(=O)c1ccc([N+](=O)[O-])o1)CSC2)NCC1CCCO1. The summed E-state index contributed by atoms with van der Waals surface area (Å²) in [5, 5.41) is 20.7. The number of nitrogens with zero attached hydrogens (tertiary/aromatic N) is 3. The van der Waals surface area contributed by atoms with E-state index in [1.165, 1.54) is 10.7 Å². The highest BCUT2D eigenvalue weighted by Gasteiger charge is 2.27. The van der Waals surface area contributed by atoms with Crippen LogP contribution in [0.25, 0.3) is 0 Å². The zero-order valence-corrected chi connectivity index (χ0v) is 16.2. The van der Waals surface area contributed by atoms with Crippen LogP contribution in [0.5, 0.6) is 0 Å². The molecule has 0 spiro atoms. The molecule has 0 radical (unpaired) electrons. The van der Waals surface area contributed by atoms with Crippen molar-refractivity contribution in [2.75, 3.05) is 18.5 Å². The van der Waals surface area contributed by atoms with E-state index in [1.54, 1.807) is 11.8 Å². The van der Waals surface area contributed by atoms with E-state index in [0.717, 1.165) is 30.2 Å². The number of fused-ring (bicyclic) bond motifs is 1. The van der Waals surface area contributed by atoms with Gasteiger partial charge in [0.2, 0.25) is 5.91 Å². The lowest BCUT2D eigenvalue weighted by Gasteiger charge is -2.13. The summed E-state index contributed by atoms with van der Waals surface area (Å²) in [5.74, 6) is 0.165. The molecule has 1 atom stereocenters. The van der Waals surface area contributed by atoms with Crippen LogP contribution >= 0.6 is 11.8 Å². The van der Waals surface area contributed by atoms with Crippen LogP contribution in [0.2, 0.25) is 0 Å². The zero-order valence-electron chi connectivity index (χ0n) is 15.4. The predicted octanol–water partition coefficient (Wildman–Crippen LogP) is 1.68. The molecule has 4 rings (SSSR count). The number of furan rings is 1. The molecule has 154 valence electrons. The van der Waals surface area contributed by atoms with E-state index in [0.29, 0.717) is 30.5 Å². The number of nitro groups is 1. The molecule has 2 amide bonds. The Morgan fingerprint density at radius 1 is 1.38 bits per heavy atom. The molecule has 2 aliphatic heterocycles. The van der Waals surface area contributed by atoms with E-state index >= 15 is 0 Å². The second-order valence-electron chi connectivity index (χ2n) is 6.71. The van der Waals surface area contributed by atoms with Crippen LogP contribution in [0.4, 0.5) is 11.7 Å². The fraction of sp³-hybridized carbons (Fsp3) is 0.471. The van der Waals surface area contributed by atoms with E-state index in [-0.39, 0.29) is 24.3 Å². The average molecular weight is 421 g/mol. The van der Waals surface area contributed by atoms with E-state index in [4.69, 9.17) is 9.15 Å². The van der Waals surface area contributed by atoms with Crippen molar-refractivity contribution in [2.24, 2.45) is 0 Å². The normalized spacial score (nSPS) is 17.9. The molecule has 0 aliphatic carbocycles. The molecule has 0 bridgehead atoms. The molecule has 2 aliphatic rings. The zero-order chi connectivity index (χ0) is 20.4. The van der Waals surface area contributed by atoms with Gasteiger partial charge in [0.15, 0.2) is 5.76 Å². The first kappa shape index (κ1) is 19.5. The lowest BCUT2D eigenvalue weighted by molar-refractivity contribution is -0.402. The molecular formula is C17H19N5O6S. The Labute approximate surface area is 169 Å². The highest BCUT2D eigenvalue weighted by Crippen LogP contribution is 2.35. The van der Waals surface area contributed by atoms with Crippen LogP contribution in [0.3, 0.4) is 0 Å². The molecular weight excluding hydrogens is 402 g/mol. The number of carbonyl (C=O) groups is 2. The van der Waals surface area contributed by atoms with Gasteiger partial charge in [-0.2, -0.15) is 16.9 Å². The van der Waals surface area contributed by atoms with Gasteiger partial charge >= 0.3 is 5.88 Å². The van der Waals surface area contributed by atoms with Crippen molar-refractivity contribution in [1.82, 2.24) is 15.1 Å². The number of rotatable bonds is 7. The van der Waals surface area contributed by atoms with Crippen molar-refractivity contribution in [3.05, 3.63) is 39.3 Å². The van der Waals surface area contributed by atoms with Gasteiger partial charge < -0.3 is 19.8 Å². The monoisotopic (exact) mass is 421 g/mol. The van der Waals surface area contributed by atoms with Gasteiger partial charge in [0, 0.05) is 30.2 Å². The van der Waals surface area contributed by atoms with Gasteiger partial charge in [0.25, 0.3) is 5.91 Å². The standard InChI is InChI=1S/C17H19N5O6S/c23-14(18-6-10-2-1-5-27-10)7-21-16(11-8-29-9-12(11)20-21)19-17(24)13-3-4-15(28-13)22(25)26/h3-4,10H,1-2,5-9H2,(H,18,23)(H,19,24). The smallest absolute Gasteiger partial charge is 0.395 e. The number of aromatic nitrogens is 2. The van der Waals surface area contributed by atoms with Crippen LogP contribution in [-0.4, -0.2) is 45.8 Å². The van der Waals surface area contributed by atoms with Crippen molar-refractivity contribution in [1.29, 1.82) is 0 Å². The average Bonchev–Trinajstić information content (AvgIpc) is 3.46. The maximum Gasteiger partial charge on any atom is 0.433 e. The molecule has 2 aromatic heterocycles. The largest absolute Gasteiger partial charge is 0.433 e. The summed E-state index contributed by atoms with van der Waals surface area (Å²) in [6.07, 6.45) is 1.95. The Hall–Kier alpha value is -2.86. The topological polar surface area (TPSA) is 142 Å². The van der Waals surface area contributed by atoms with Crippen LogP contribution in [-0.2, 0) is 27.6 Å². The molecule has 1 fully saturated rings. The van der Waals surface area contributed by atoms with Crippen molar-refractivity contribution < 1.29 is 23.7 Å². The summed E-state index contributed by atoms with van der Waals surface area (Å²) in [5.41, 5.74) is 1.65. The van der Waals surface area contributed by atoms with Gasteiger partial charge in [0.05, 0.1) is 17.9 Å². The third kappa shape index (κ3) is 4.27. The van der Waals surface area contributed by atoms with E-state index in [1.807, 2.05) is 0 Å². The number of ether oxygens (including phenoxy) is 1. The summed E-state index contributed by atoms with van der Waals surface area (Å²) in [6.45, 7) is 1.09. The maximum atomic E-state index is 12.5. The Balaban J connectivity index is 1.46. The first-order valence-corrected chi connectivity index (χ1v) is 10.3. The highest BCUT2D eigenvalue weighted by molar-refractivity contribution is 7.98. The van der Waals surface area contributed by atoms with Crippen molar-refractivity contribution in [3.8, 4) is 0 Å². The molecule has 1 unspecified atom stereocenters. The summed E-state index contributed by atoms with van der Waals surface area (Å²) in [4.78, 5) is 34.9. The van der Waals surface area contributed by atoms with Crippen LogP contribution < -0.4 is 10.6 Å². The van der Waals surface area contributed by atoms with Gasteiger partial charge in [-0.25, -0.2) is 4.68 Å². The number of hydrogen-bond acceptors (Lipinski definition) is 8. The van der Waals surface area contributed by atoms with Gasteiger partial charge in [-0.1, -0.05) is 0 Å². The quantitative estimate of drug-likeness (QED) is 0.508. The summed E-state index contributed by atoms with van der Waals surface area (Å²) < 4.78 is 11.9. The van der Waals surface area contributed by atoms with Gasteiger partial charge in [-0.15, -0.1) is 0 Å².